The molecule has 1 atom stereocenters. The topological polar surface area (TPSA) is 73.9 Å². The summed E-state index contributed by atoms with van der Waals surface area (Å²) < 4.78 is 16.1. The monoisotopic (exact) mass is 510 g/mol. The summed E-state index contributed by atoms with van der Waals surface area (Å²) in [5, 5.41) is 1.07. The zero-order valence-electron chi connectivity index (χ0n) is 21.4. The summed E-state index contributed by atoms with van der Waals surface area (Å²) in [6.07, 6.45) is 4.55. The molecule has 0 aliphatic carbocycles. The molecule has 0 bridgehead atoms. The van der Waals surface area contributed by atoms with E-state index in [0.29, 0.717) is 25.9 Å². The molecule has 1 aliphatic heterocycles. The van der Waals surface area contributed by atoms with Gasteiger partial charge >= 0.3 is 5.69 Å². The van der Waals surface area contributed by atoms with E-state index in [1.165, 1.54) is 17.7 Å². The summed E-state index contributed by atoms with van der Waals surface area (Å²) in [5.41, 5.74) is 5.72. The maximum absolute atomic E-state index is 14.3. The molecule has 2 N–H and O–H groups in total. The van der Waals surface area contributed by atoms with Crippen LogP contribution in [0.4, 0.5) is 4.39 Å². The average Bonchev–Trinajstić information content (AvgIpc) is 3.52. The van der Waals surface area contributed by atoms with Gasteiger partial charge in [-0.3, -0.25) is 9.36 Å². The Bertz CT molecular complexity index is 1670. The van der Waals surface area contributed by atoms with Gasteiger partial charge in [-0.15, -0.1) is 0 Å². The molecule has 5 aromatic rings. The molecule has 2 aromatic heterocycles. The van der Waals surface area contributed by atoms with Gasteiger partial charge in [0.05, 0.1) is 11.0 Å². The first-order chi connectivity index (χ1) is 18.5. The lowest BCUT2D eigenvalue weighted by atomic mass is 9.87. The van der Waals surface area contributed by atoms with Crippen molar-refractivity contribution in [1.29, 1.82) is 0 Å². The van der Waals surface area contributed by atoms with Crippen molar-refractivity contribution < 1.29 is 9.18 Å². The number of halogens is 1. The molecule has 1 fully saturated rings. The molecule has 6 rings (SSSR count). The van der Waals surface area contributed by atoms with Crippen LogP contribution in [0.2, 0.25) is 0 Å². The van der Waals surface area contributed by atoms with Crippen LogP contribution in [0.5, 0.6) is 0 Å². The lowest BCUT2D eigenvalue weighted by Crippen LogP contribution is -2.41. The Labute approximate surface area is 220 Å². The molecule has 1 unspecified atom stereocenters. The summed E-state index contributed by atoms with van der Waals surface area (Å²) in [6.45, 7) is 3.29. The van der Waals surface area contributed by atoms with Gasteiger partial charge in [-0.25, -0.2) is 9.18 Å². The molecule has 3 heterocycles. The molecule has 3 aromatic carbocycles. The van der Waals surface area contributed by atoms with E-state index in [0.717, 1.165) is 39.5 Å². The minimum absolute atomic E-state index is 0.0443. The quantitative estimate of drug-likeness (QED) is 0.299. The third-order valence-electron chi connectivity index (χ3n) is 8.03. The van der Waals surface area contributed by atoms with Crippen LogP contribution >= 0.6 is 0 Å². The largest absolute Gasteiger partial charge is 0.361 e. The second-order valence-corrected chi connectivity index (χ2v) is 10.2. The first-order valence-electron chi connectivity index (χ1n) is 13.3. The van der Waals surface area contributed by atoms with Crippen molar-refractivity contribution in [1.82, 2.24) is 19.4 Å². The van der Waals surface area contributed by atoms with E-state index in [1.54, 1.807) is 6.07 Å². The number of likely N-dealkylation sites (tertiary alicyclic amines) is 1. The predicted molar refractivity (Wildman–Crippen MR) is 148 cm³/mol. The number of nitrogens with one attached hydrogen (secondary N) is 2. The van der Waals surface area contributed by atoms with E-state index < -0.39 is 0 Å². The fourth-order valence-corrected chi connectivity index (χ4v) is 6.07. The first kappa shape index (κ1) is 24.2. The fraction of sp³-hybridized carbons (Fsp3) is 0.290. The van der Waals surface area contributed by atoms with Crippen LogP contribution < -0.4 is 5.69 Å². The van der Waals surface area contributed by atoms with Crippen molar-refractivity contribution in [3.05, 3.63) is 106 Å². The molecule has 7 heteroatoms. The molecule has 194 valence electrons. The molecular weight excluding hydrogens is 479 g/mol. The molecule has 1 amide bonds. The molecule has 1 saturated heterocycles. The van der Waals surface area contributed by atoms with Crippen LogP contribution in [0.1, 0.15) is 54.8 Å². The van der Waals surface area contributed by atoms with Crippen LogP contribution in [0, 0.1) is 5.82 Å². The number of hydrogen-bond acceptors (Lipinski definition) is 2. The van der Waals surface area contributed by atoms with Gasteiger partial charge in [0.15, 0.2) is 0 Å². The molecule has 0 radical (unpaired) electrons. The lowest BCUT2D eigenvalue weighted by molar-refractivity contribution is -0.132. The number of para-hydroxylation sites is 3. The maximum atomic E-state index is 14.3. The zero-order chi connectivity index (χ0) is 26.2. The Kier molecular flexibility index (Phi) is 6.35. The van der Waals surface area contributed by atoms with Crippen LogP contribution in [0.3, 0.4) is 0 Å². The average molecular weight is 511 g/mol. The minimum Gasteiger partial charge on any atom is -0.361 e. The van der Waals surface area contributed by atoms with Crippen molar-refractivity contribution in [3.8, 4) is 0 Å². The smallest absolute Gasteiger partial charge is 0.326 e. The molecule has 38 heavy (non-hydrogen) atoms. The maximum Gasteiger partial charge on any atom is 0.326 e. The highest BCUT2D eigenvalue weighted by molar-refractivity contribution is 5.88. The number of rotatable bonds is 6. The molecule has 0 saturated carbocycles. The molecule has 0 spiro atoms. The number of fused-ring (bicyclic) bond motifs is 2. The Hall–Kier alpha value is -4.13. The summed E-state index contributed by atoms with van der Waals surface area (Å²) in [7, 11) is 0. The highest BCUT2D eigenvalue weighted by Crippen LogP contribution is 2.36. The Morgan fingerprint density at radius 3 is 2.63 bits per heavy atom. The summed E-state index contributed by atoms with van der Waals surface area (Å²) in [6, 6.07) is 20.6. The number of hydrogen-bond donors (Lipinski definition) is 2. The number of carbonyl (C=O) groups excluding carboxylic acids is 1. The molecule has 1 aliphatic rings. The van der Waals surface area contributed by atoms with Crippen LogP contribution in [0.15, 0.2) is 77.7 Å². The SMILES string of the molecule is CCc1cccc2c(C(CC(=O)N3CCC(n4c(=O)[nH]c5ccccc54)CC3)c3cccc(F)c3)c[nH]c12. The normalized spacial score (nSPS) is 15.4. The highest BCUT2D eigenvalue weighted by atomic mass is 19.1. The number of piperidine rings is 1. The summed E-state index contributed by atoms with van der Waals surface area (Å²) in [4.78, 5) is 34.6. The zero-order valence-corrected chi connectivity index (χ0v) is 21.4. The standard InChI is InChI=1S/C31H31FN4O2/c1-2-20-7-6-10-24-26(19-33-30(20)24)25(21-8-5-9-22(32)17-21)18-29(37)35-15-13-23(14-16-35)36-28-12-4-3-11-27(28)34-31(36)38/h3-12,17,19,23,25,33H,2,13-16,18H2,1H3,(H,34,38). The van der Waals surface area contributed by atoms with Gasteiger partial charge in [-0.05, 0) is 60.2 Å². The van der Waals surface area contributed by atoms with Gasteiger partial charge in [0.1, 0.15) is 5.82 Å². The van der Waals surface area contributed by atoms with Crippen molar-refractivity contribution in [2.24, 2.45) is 0 Å². The minimum atomic E-state index is -0.306. The van der Waals surface area contributed by atoms with Crippen molar-refractivity contribution in [2.75, 3.05) is 13.1 Å². The Morgan fingerprint density at radius 1 is 1.05 bits per heavy atom. The second-order valence-electron chi connectivity index (χ2n) is 10.2. The van der Waals surface area contributed by atoms with Gasteiger partial charge < -0.3 is 14.9 Å². The van der Waals surface area contributed by atoms with Crippen LogP contribution in [0.25, 0.3) is 21.9 Å². The number of benzene rings is 3. The van der Waals surface area contributed by atoms with Crippen molar-refractivity contribution in [2.45, 2.75) is 44.6 Å². The van der Waals surface area contributed by atoms with E-state index in [4.69, 9.17) is 0 Å². The lowest BCUT2D eigenvalue weighted by Gasteiger charge is -2.33. The van der Waals surface area contributed by atoms with E-state index >= 15 is 0 Å². The van der Waals surface area contributed by atoms with E-state index in [-0.39, 0.29) is 35.8 Å². The number of imidazole rings is 1. The number of aromatic amines is 2. The predicted octanol–water partition coefficient (Wildman–Crippen LogP) is 5.90. The van der Waals surface area contributed by atoms with Crippen molar-refractivity contribution >= 4 is 27.8 Å². The fourth-order valence-electron chi connectivity index (χ4n) is 6.07. The Morgan fingerprint density at radius 2 is 1.84 bits per heavy atom. The first-order valence-corrected chi connectivity index (χ1v) is 13.3. The molecular formula is C31H31FN4O2. The van der Waals surface area contributed by atoms with E-state index in [2.05, 4.69) is 29.0 Å². The number of aryl methyl sites for hydroxylation is 1. The summed E-state index contributed by atoms with van der Waals surface area (Å²) in [5.74, 6) is -0.531. The highest BCUT2D eigenvalue weighted by Gasteiger charge is 2.29. The number of H-pyrrole nitrogens is 2. The number of aromatic nitrogens is 3. The molecule has 6 nitrogen and oxygen atoms in total. The van der Waals surface area contributed by atoms with E-state index in [1.807, 2.05) is 52.1 Å². The number of carbonyl (C=O) groups is 1. The van der Waals surface area contributed by atoms with E-state index in [9.17, 15) is 14.0 Å². The van der Waals surface area contributed by atoms with Gasteiger partial charge in [-0.1, -0.05) is 49.4 Å². The second kappa shape index (κ2) is 9.97. The van der Waals surface area contributed by atoms with Crippen molar-refractivity contribution in [3.63, 3.8) is 0 Å². The van der Waals surface area contributed by atoms with Crippen LogP contribution in [-0.4, -0.2) is 38.4 Å². The third-order valence-corrected chi connectivity index (χ3v) is 8.03. The van der Waals surface area contributed by atoms with Gasteiger partial charge in [0, 0.05) is 48.6 Å². The van der Waals surface area contributed by atoms with Gasteiger partial charge in [0.25, 0.3) is 0 Å². The number of amides is 1. The Balaban J connectivity index is 1.25. The number of nitrogens with zero attached hydrogens (tertiary/aromatic N) is 2. The summed E-state index contributed by atoms with van der Waals surface area (Å²) >= 11 is 0. The van der Waals surface area contributed by atoms with Gasteiger partial charge in [-0.2, -0.15) is 0 Å². The third kappa shape index (κ3) is 4.32. The van der Waals surface area contributed by atoms with Gasteiger partial charge in [0.2, 0.25) is 5.91 Å². The van der Waals surface area contributed by atoms with Crippen LogP contribution in [-0.2, 0) is 11.2 Å².